The molecule has 0 atom stereocenters. The molecule has 0 amide bonds. The van der Waals surface area contributed by atoms with E-state index < -0.39 is 6.16 Å². The third kappa shape index (κ3) is 5.20. The minimum atomic E-state index is -1.34. The van der Waals surface area contributed by atoms with Crippen molar-refractivity contribution < 1.29 is 19.4 Å². The molecule has 0 radical (unpaired) electrons. The maximum absolute atomic E-state index is 11.3. The lowest BCUT2D eigenvalue weighted by molar-refractivity contribution is 0.142. The number of hydrogen-bond donors (Lipinski definition) is 2. The number of nitrogens with one attached hydrogen (secondary N) is 1. The van der Waals surface area contributed by atoms with Crippen LogP contribution in [0.2, 0.25) is 0 Å². The average Bonchev–Trinajstić information content (AvgIpc) is 3.21. The van der Waals surface area contributed by atoms with Crippen molar-refractivity contribution in [2.24, 2.45) is 0 Å². The highest BCUT2D eigenvalue weighted by atomic mass is 16.7. The van der Waals surface area contributed by atoms with E-state index in [1.165, 1.54) is 0 Å². The van der Waals surface area contributed by atoms with Gasteiger partial charge in [-0.25, -0.2) is 4.79 Å². The Morgan fingerprint density at radius 1 is 0.829 bits per heavy atom. The number of aryl methyl sites for hydroxylation is 1. The SMILES string of the molecule is O=C(O)Oc1[nH]c2cc(/C=C/c3ccccc3)ccc2c1CCCOc1cccc2ccccc12. The van der Waals surface area contributed by atoms with Crippen LogP contribution in [0.15, 0.2) is 91.0 Å². The van der Waals surface area contributed by atoms with Crippen LogP contribution >= 0.6 is 0 Å². The molecule has 5 nitrogen and oxygen atoms in total. The van der Waals surface area contributed by atoms with Crippen LogP contribution in [0.25, 0.3) is 33.8 Å². The second-order valence-corrected chi connectivity index (χ2v) is 8.28. The fourth-order valence-electron chi connectivity index (χ4n) is 4.28. The predicted molar refractivity (Wildman–Crippen MR) is 140 cm³/mol. The molecule has 174 valence electrons. The van der Waals surface area contributed by atoms with Crippen molar-refractivity contribution in [2.75, 3.05) is 6.61 Å². The molecular weight excluding hydrogens is 438 g/mol. The number of H-pyrrole nitrogens is 1. The minimum Gasteiger partial charge on any atom is -0.493 e. The predicted octanol–water partition coefficient (Wildman–Crippen LogP) is 7.56. The number of ether oxygens (including phenoxy) is 2. The van der Waals surface area contributed by atoms with Crippen LogP contribution < -0.4 is 9.47 Å². The van der Waals surface area contributed by atoms with Gasteiger partial charge in [0.1, 0.15) is 5.75 Å². The standard InChI is InChI=1S/C30H25NO4/c32-30(33)35-29-26(13-7-19-34-28-14-6-11-23-10-4-5-12-24(23)28)25-18-17-22(20-27(25)31-29)16-15-21-8-2-1-3-9-21/h1-6,8-12,14-18,20,31H,7,13,19H2,(H,32,33)/b16-15+. The smallest absolute Gasteiger partial charge is 0.493 e. The van der Waals surface area contributed by atoms with E-state index >= 15 is 0 Å². The van der Waals surface area contributed by atoms with Gasteiger partial charge in [0, 0.05) is 21.9 Å². The monoisotopic (exact) mass is 463 g/mol. The fourth-order valence-corrected chi connectivity index (χ4v) is 4.28. The number of fused-ring (bicyclic) bond motifs is 2. The first kappa shape index (κ1) is 22.3. The lowest BCUT2D eigenvalue weighted by atomic mass is 10.1. The Morgan fingerprint density at radius 3 is 2.46 bits per heavy atom. The first-order chi connectivity index (χ1) is 17.2. The molecule has 5 rings (SSSR count). The third-order valence-electron chi connectivity index (χ3n) is 5.93. The first-order valence-corrected chi connectivity index (χ1v) is 11.6. The third-order valence-corrected chi connectivity index (χ3v) is 5.93. The molecule has 5 aromatic rings. The summed E-state index contributed by atoms with van der Waals surface area (Å²) in [6, 6.07) is 30.2. The molecule has 0 spiro atoms. The summed E-state index contributed by atoms with van der Waals surface area (Å²) in [6.07, 6.45) is 4.07. The van der Waals surface area contributed by atoms with Gasteiger partial charge >= 0.3 is 6.16 Å². The van der Waals surface area contributed by atoms with Gasteiger partial charge < -0.3 is 19.6 Å². The number of aromatic amines is 1. The lowest BCUT2D eigenvalue weighted by Gasteiger charge is -2.09. The zero-order valence-corrected chi connectivity index (χ0v) is 19.1. The van der Waals surface area contributed by atoms with Crippen molar-refractivity contribution in [3.8, 4) is 11.6 Å². The zero-order valence-electron chi connectivity index (χ0n) is 19.1. The number of benzene rings is 4. The summed E-state index contributed by atoms with van der Waals surface area (Å²) >= 11 is 0. The van der Waals surface area contributed by atoms with Crippen molar-refractivity contribution in [3.05, 3.63) is 108 Å². The average molecular weight is 464 g/mol. The molecule has 1 aromatic heterocycles. The van der Waals surface area contributed by atoms with E-state index in [2.05, 4.69) is 17.1 Å². The van der Waals surface area contributed by atoms with Crippen molar-refractivity contribution >= 4 is 40.0 Å². The normalized spacial score (nSPS) is 11.3. The summed E-state index contributed by atoms with van der Waals surface area (Å²) in [4.78, 5) is 14.4. The van der Waals surface area contributed by atoms with Crippen molar-refractivity contribution in [3.63, 3.8) is 0 Å². The zero-order chi connectivity index (χ0) is 24.0. The van der Waals surface area contributed by atoms with E-state index in [9.17, 15) is 9.90 Å². The van der Waals surface area contributed by atoms with Crippen LogP contribution in [0.1, 0.15) is 23.1 Å². The Bertz CT molecular complexity index is 1500. The van der Waals surface area contributed by atoms with E-state index in [4.69, 9.17) is 9.47 Å². The minimum absolute atomic E-state index is 0.266. The van der Waals surface area contributed by atoms with E-state index in [-0.39, 0.29) is 5.88 Å². The Kier molecular flexibility index (Phi) is 6.48. The molecule has 0 aliphatic carbocycles. The van der Waals surface area contributed by atoms with Gasteiger partial charge in [0.05, 0.1) is 6.61 Å². The van der Waals surface area contributed by atoms with Crippen molar-refractivity contribution in [1.82, 2.24) is 4.98 Å². The van der Waals surface area contributed by atoms with Crippen molar-refractivity contribution in [1.29, 1.82) is 0 Å². The highest BCUT2D eigenvalue weighted by Gasteiger charge is 2.16. The molecule has 0 fully saturated rings. The summed E-state index contributed by atoms with van der Waals surface area (Å²) in [7, 11) is 0. The van der Waals surface area contributed by atoms with Crippen LogP contribution in [0, 0.1) is 0 Å². The number of rotatable bonds is 8. The summed E-state index contributed by atoms with van der Waals surface area (Å²) < 4.78 is 11.1. The maximum atomic E-state index is 11.3. The molecule has 2 N–H and O–H groups in total. The molecular formula is C30H25NO4. The highest BCUT2D eigenvalue weighted by Crippen LogP contribution is 2.31. The highest BCUT2D eigenvalue weighted by molar-refractivity contribution is 5.89. The molecule has 0 saturated carbocycles. The first-order valence-electron chi connectivity index (χ1n) is 11.6. The van der Waals surface area contributed by atoms with Crippen LogP contribution in [0.4, 0.5) is 4.79 Å². The number of carbonyl (C=O) groups is 1. The molecule has 35 heavy (non-hydrogen) atoms. The van der Waals surface area contributed by atoms with Crippen LogP contribution in [0.3, 0.4) is 0 Å². The van der Waals surface area contributed by atoms with E-state index in [1.807, 2.05) is 91.0 Å². The topological polar surface area (TPSA) is 71.5 Å². The van der Waals surface area contributed by atoms with Crippen LogP contribution in [-0.2, 0) is 6.42 Å². The molecule has 5 heteroatoms. The van der Waals surface area contributed by atoms with Gasteiger partial charge in [0.15, 0.2) is 0 Å². The Hall–Kier alpha value is -4.51. The number of aromatic nitrogens is 1. The van der Waals surface area contributed by atoms with Crippen LogP contribution in [0.5, 0.6) is 11.6 Å². The molecule has 0 saturated heterocycles. The number of carboxylic acid groups (broad SMARTS) is 1. The summed E-state index contributed by atoms with van der Waals surface area (Å²) in [5, 5.41) is 12.4. The molecule has 0 unspecified atom stereocenters. The van der Waals surface area contributed by atoms with Gasteiger partial charge in [-0.1, -0.05) is 91.0 Å². The summed E-state index contributed by atoms with van der Waals surface area (Å²) in [5.41, 5.74) is 3.79. The quantitative estimate of drug-likeness (QED) is 0.141. The largest absolute Gasteiger partial charge is 0.512 e. The second-order valence-electron chi connectivity index (χ2n) is 8.28. The summed E-state index contributed by atoms with van der Waals surface area (Å²) in [5.74, 6) is 1.11. The fraction of sp³-hybridized carbons (Fsp3) is 0.100. The molecule has 4 aromatic carbocycles. The Balaban J connectivity index is 1.33. The summed E-state index contributed by atoms with van der Waals surface area (Å²) in [6.45, 7) is 0.505. The van der Waals surface area contributed by atoms with Crippen molar-refractivity contribution in [2.45, 2.75) is 12.8 Å². The van der Waals surface area contributed by atoms with E-state index in [0.29, 0.717) is 19.4 Å². The van der Waals surface area contributed by atoms with Gasteiger partial charge in [-0.2, -0.15) is 0 Å². The second kappa shape index (κ2) is 10.2. The molecule has 0 bridgehead atoms. The maximum Gasteiger partial charge on any atom is 0.512 e. The number of hydrogen-bond acceptors (Lipinski definition) is 3. The van der Waals surface area contributed by atoms with Gasteiger partial charge in [0.2, 0.25) is 5.88 Å². The Morgan fingerprint density at radius 2 is 1.60 bits per heavy atom. The molecule has 1 heterocycles. The van der Waals surface area contributed by atoms with Gasteiger partial charge in [-0.3, -0.25) is 0 Å². The van der Waals surface area contributed by atoms with Crippen LogP contribution in [-0.4, -0.2) is 22.9 Å². The van der Waals surface area contributed by atoms with E-state index in [0.717, 1.165) is 44.1 Å². The van der Waals surface area contributed by atoms with Gasteiger partial charge in [0.25, 0.3) is 0 Å². The lowest BCUT2D eigenvalue weighted by Crippen LogP contribution is -2.06. The molecule has 0 aliphatic heterocycles. The van der Waals surface area contributed by atoms with E-state index in [1.54, 1.807) is 0 Å². The van der Waals surface area contributed by atoms with Gasteiger partial charge in [-0.05, 0) is 41.5 Å². The Labute approximate surface area is 203 Å². The van der Waals surface area contributed by atoms with Gasteiger partial charge in [-0.15, -0.1) is 0 Å². The molecule has 0 aliphatic rings.